The van der Waals surface area contributed by atoms with Crippen LogP contribution in [0.25, 0.3) is 0 Å². The van der Waals surface area contributed by atoms with Crippen molar-refractivity contribution >= 4 is 17.3 Å². The molecule has 1 rings (SSSR count). The monoisotopic (exact) mass is 199 g/mol. The Morgan fingerprint density at radius 1 is 1.54 bits per heavy atom. The van der Waals surface area contributed by atoms with Crippen molar-refractivity contribution in [2.75, 3.05) is 11.9 Å². The van der Waals surface area contributed by atoms with Crippen LogP contribution in [0.15, 0.2) is 30.4 Å². The summed E-state index contributed by atoms with van der Waals surface area (Å²) in [6.07, 6.45) is 0. The molecule has 0 bridgehead atoms. The minimum Gasteiger partial charge on any atom is -0.381 e. The molecular weight excluding hydrogens is 189 g/mol. The van der Waals surface area contributed by atoms with Gasteiger partial charge in [0.15, 0.2) is 0 Å². The van der Waals surface area contributed by atoms with Crippen LogP contribution in [-0.2, 0) is 0 Å². The summed E-state index contributed by atoms with van der Waals surface area (Å²) >= 11 is 5.66. The van der Waals surface area contributed by atoms with Crippen molar-refractivity contribution in [1.82, 2.24) is 0 Å². The predicted molar refractivity (Wildman–Crippen MR) is 54.7 cm³/mol. The van der Waals surface area contributed by atoms with E-state index in [1.807, 2.05) is 6.92 Å². The van der Waals surface area contributed by atoms with E-state index in [0.29, 0.717) is 17.3 Å². The largest absolute Gasteiger partial charge is 0.381 e. The molecule has 0 saturated heterocycles. The Labute approximate surface area is 82.2 Å². The minimum atomic E-state index is -0.336. The highest BCUT2D eigenvalue weighted by molar-refractivity contribution is 6.30. The average molecular weight is 200 g/mol. The van der Waals surface area contributed by atoms with Crippen molar-refractivity contribution in [3.63, 3.8) is 0 Å². The van der Waals surface area contributed by atoms with Gasteiger partial charge in [0.2, 0.25) is 0 Å². The molecule has 0 aliphatic carbocycles. The number of anilines is 1. The van der Waals surface area contributed by atoms with Crippen LogP contribution >= 0.6 is 11.6 Å². The van der Waals surface area contributed by atoms with E-state index >= 15 is 0 Å². The maximum absolute atomic E-state index is 12.8. The van der Waals surface area contributed by atoms with Crippen molar-refractivity contribution in [1.29, 1.82) is 0 Å². The molecular formula is C10H11ClFN. The molecule has 1 aromatic carbocycles. The van der Waals surface area contributed by atoms with Gasteiger partial charge in [-0.15, -0.1) is 0 Å². The van der Waals surface area contributed by atoms with Gasteiger partial charge >= 0.3 is 0 Å². The van der Waals surface area contributed by atoms with E-state index in [-0.39, 0.29) is 5.82 Å². The first-order valence-corrected chi connectivity index (χ1v) is 4.30. The summed E-state index contributed by atoms with van der Waals surface area (Å²) in [6, 6.07) is 4.34. The highest BCUT2D eigenvalue weighted by Crippen LogP contribution is 2.17. The van der Waals surface area contributed by atoms with Crippen LogP contribution in [0.1, 0.15) is 6.92 Å². The lowest BCUT2D eigenvalue weighted by Crippen LogP contribution is -2.01. The molecule has 13 heavy (non-hydrogen) atoms. The summed E-state index contributed by atoms with van der Waals surface area (Å²) in [5.41, 5.74) is 1.66. The van der Waals surface area contributed by atoms with Gasteiger partial charge in [-0.2, -0.15) is 0 Å². The molecule has 0 spiro atoms. The molecule has 0 amide bonds. The van der Waals surface area contributed by atoms with Gasteiger partial charge in [-0.1, -0.05) is 23.8 Å². The van der Waals surface area contributed by atoms with Crippen molar-refractivity contribution in [3.05, 3.63) is 41.2 Å². The summed E-state index contributed by atoms with van der Waals surface area (Å²) < 4.78 is 12.8. The Bertz CT molecular complexity index is 302. The Kier molecular flexibility index (Phi) is 3.32. The Morgan fingerprint density at radius 3 is 2.77 bits per heavy atom. The summed E-state index contributed by atoms with van der Waals surface area (Å²) in [6.45, 7) is 6.25. The second-order valence-electron chi connectivity index (χ2n) is 2.97. The molecule has 1 N–H and O–H groups in total. The molecule has 0 heterocycles. The second kappa shape index (κ2) is 4.28. The molecule has 70 valence electrons. The zero-order chi connectivity index (χ0) is 9.84. The first kappa shape index (κ1) is 10.1. The first-order valence-electron chi connectivity index (χ1n) is 3.92. The lowest BCUT2D eigenvalue weighted by molar-refractivity contribution is 0.628. The lowest BCUT2D eigenvalue weighted by atomic mass is 10.3. The number of benzene rings is 1. The van der Waals surface area contributed by atoms with Crippen LogP contribution in [0.3, 0.4) is 0 Å². The number of hydrogen-bond donors (Lipinski definition) is 1. The molecule has 0 saturated carbocycles. The molecule has 0 aliphatic heterocycles. The number of hydrogen-bond acceptors (Lipinski definition) is 1. The second-order valence-corrected chi connectivity index (χ2v) is 3.41. The molecule has 1 aromatic rings. The number of halogens is 2. The van der Waals surface area contributed by atoms with Gasteiger partial charge in [-0.3, -0.25) is 0 Å². The summed E-state index contributed by atoms with van der Waals surface area (Å²) in [7, 11) is 0. The van der Waals surface area contributed by atoms with Crippen LogP contribution in [0.4, 0.5) is 10.1 Å². The van der Waals surface area contributed by atoms with Gasteiger partial charge in [0.1, 0.15) is 5.82 Å². The first-order chi connectivity index (χ1) is 6.08. The maximum atomic E-state index is 12.8. The van der Waals surface area contributed by atoms with Crippen molar-refractivity contribution in [2.24, 2.45) is 0 Å². The number of rotatable bonds is 3. The topological polar surface area (TPSA) is 12.0 Å². The van der Waals surface area contributed by atoms with Crippen LogP contribution < -0.4 is 5.32 Å². The molecule has 0 aromatic heterocycles. The van der Waals surface area contributed by atoms with Gasteiger partial charge in [0.25, 0.3) is 0 Å². The van der Waals surface area contributed by atoms with Crippen molar-refractivity contribution < 1.29 is 4.39 Å². The van der Waals surface area contributed by atoms with Crippen LogP contribution in [0.2, 0.25) is 5.02 Å². The van der Waals surface area contributed by atoms with E-state index in [1.165, 1.54) is 12.1 Å². The Balaban J connectivity index is 2.71. The molecule has 0 unspecified atom stereocenters. The fourth-order valence-electron chi connectivity index (χ4n) is 0.909. The van der Waals surface area contributed by atoms with E-state index in [2.05, 4.69) is 11.9 Å². The summed E-state index contributed by atoms with van der Waals surface area (Å²) in [4.78, 5) is 0. The zero-order valence-corrected chi connectivity index (χ0v) is 8.16. The van der Waals surface area contributed by atoms with Gasteiger partial charge in [0, 0.05) is 17.3 Å². The smallest absolute Gasteiger partial charge is 0.126 e. The van der Waals surface area contributed by atoms with Crippen molar-refractivity contribution in [2.45, 2.75) is 6.92 Å². The van der Waals surface area contributed by atoms with Crippen LogP contribution in [0, 0.1) is 5.82 Å². The van der Waals surface area contributed by atoms with Crippen molar-refractivity contribution in [3.8, 4) is 0 Å². The standard InChI is InChI=1S/C10H11ClFN/c1-7(2)6-13-10-4-8(11)3-9(12)5-10/h3-5,13H,1,6H2,2H3. The summed E-state index contributed by atoms with van der Waals surface area (Å²) in [5.74, 6) is -0.336. The summed E-state index contributed by atoms with van der Waals surface area (Å²) in [5, 5.41) is 3.39. The minimum absolute atomic E-state index is 0.336. The quantitative estimate of drug-likeness (QED) is 0.736. The highest BCUT2D eigenvalue weighted by atomic mass is 35.5. The van der Waals surface area contributed by atoms with Gasteiger partial charge in [-0.25, -0.2) is 4.39 Å². The van der Waals surface area contributed by atoms with E-state index < -0.39 is 0 Å². The molecule has 0 radical (unpaired) electrons. The van der Waals surface area contributed by atoms with Crippen LogP contribution in [0.5, 0.6) is 0 Å². The van der Waals surface area contributed by atoms with Gasteiger partial charge < -0.3 is 5.32 Å². The number of nitrogens with one attached hydrogen (secondary N) is 1. The maximum Gasteiger partial charge on any atom is 0.126 e. The Morgan fingerprint density at radius 2 is 2.23 bits per heavy atom. The SMILES string of the molecule is C=C(C)CNc1cc(F)cc(Cl)c1. The van der Waals surface area contributed by atoms with Gasteiger partial charge in [-0.05, 0) is 25.1 Å². The molecule has 0 atom stereocenters. The van der Waals surface area contributed by atoms with E-state index in [1.54, 1.807) is 6.07 Å². The van der Waals surface area contributed by atoms with E-state index in [0.717, 1.165) is 5.57 Å². The zero-order valence-electron chi connectivity index (χ0n) is 7.40. The highest BCUT2D eigenvalue weighted by Gasteiger charge is 1.97. The normalized spacial score (nSPS) is 9.77. The fraction of sp³-hybridized carbons (Fsp3) is 0.200. The Hall–Kier alpha value is -1.02. The third kappa shape index (κ3) is 3.47. The van der Waals surface area contributed by atoms with Crippen LogP contribution in [-0.4, -0.2) is 6.54 Å². The molecule has 0 fully saturated rings. The predicted octanol–water partition coefficient (Wildman–Crippen LogP) is 3.47. The third-order valence-corrected chi connectivity index (χ3v) is 1.68. The fourth-order valence-corrected chi connectivity index (χ4v) is 1.13. The molecule has 0 aliphatic rings. The molecule has 3 heteroatoms. The van der Waals surface area contributed by atoms with E-state index in [4.69, 9.17) is 11.6 Å². The van der Waals surface area contributed by atoms with Gasteiger partial charge in [0.05, 0.1) is 0 Å². The average Bonchev–Trinajstić information content (AvgIpc) is 1.99. The molecule has 1 nitrogen and oxygen atoms in total. The lowest BCUT2D eigenvalue weighted by Gasteiger charge is -2.06. The third-order valence-electron chi connectivity index (χ3n) is 1.46. The van der Waals surface area contributed by atoms with E-state index in [9.17, 15) is 4.39 Å².